The average Bonchev–Trinajstić information content (AvgIpc) is 2.75. The summed E-state index contributed by atoms with van der Waals surface area (Å²) in [7, 11) is 0. The Morgan fingerprint density at radius 2 is 1.93 bits per heavy atom. The number of rotatable bonds is 9. The van der Waals surface area contributed by atoms with Crippen molar-refractivity contribution in [2.24, 2.45) is 0 Å². The maximum Gasteiger partial charge on any atom is 0.306 e. The molecule has 0 saturated carbocycles. The van der Waals surface area contributed by atoms with E-state index in [1.165, 1.54) is 5.56 Å². The van der Waals surface area contributed by atoms with Gasteiger partial charge in [0.05, 0.1) is 19.6 Å². The maximum atomic E-state index is 12.1. The van der Waals surface area contributed by atoms with E-state index in [1.807, 2.05) is 49.4 Å². The number of benzene rings is 2. The summed E-state index contributed by atoms with van der Waals surface area (Å²) in [5.41, 5.74) is 2.31. The molecule has 1 aliphatic rings. The normalized spacial score (nSPS) is 17.8. The summed E-state index contributed by atoms with van der Waals surface area (Å²) in [6.45, 7) is 2.99. The number of esters is 1. The number of carbonyl (C=O) groups is 1. The average molecular weight is 395 g/mol. The van der Waals surface area contributed by atoms with Crippen molar-refractivity contribution in [2.45, 2.75) is 51.2 Å². The zero-order valence-corrected chi connectivity index (χ0v) is 17.1. The third kappa shape index (κ3) is 7.06. The first-order valence-corrected chi connectivity index (χ1v) is 10.5. The van der Waals surface area contributed by atoms with Gasteiger partial charge in [-0.3, -0.25) is 4.79 Å². The van der Waals surface area contributed by atoms with Crippen molar-refractivity contribution in [3.8, 4) is 5.75 Å². The molecule has 1 unspecified atom stereocenters. The predicted molar refractivity (Wildman–Crippen MR) is 114 cm³/mol. The highest BCUT2D eigenvalue weighted by Crippen LogP contribution is 2.26. The van der Waals surface area contributed by atoms with Crippen molar-refractivity contribution in [2.75, 3.05) is 13.2 Å². The molecule has 154 valence electrons. The van der Waals surface area contributed by atoms with E-state index in [0.29, 0.717) is 13.0 Å². The van der Waals surface area contributed by atoms with Gasteiger partial charge < -0.3 is 14.2 Å². The molecule has 0 aromatic heterocycles. The van der Waals surface area contributed by atoms with E-state index in [4.69, 9.17) is 14.2 Å². The van der Waals surface area contributed by atoms with Crippen LogP contribution in [0.15, 0.2) is 66.7 Å². The highest BCUT2D eigenvalue weighted by atomic mass is 16.7. The second-order valence-electron chi connectivity index (χ2n) is 7.22. The molecule has 0 radical (unpaired) electrons. The smallest absolute Gasteiger partial charge is 0.306 e. The molecular formula is C25H30O4. The Hall–Kier alpha value is -2.59. The molecule has 29 heavy (non-hydrogen) atoms. The number of ether oxygens (including phenoxy) is 3. The van der Waals surface area contributed by atoms with Crippen molar-refractivity contribution in [3.05, 3.63) is 77.9 Å². The van der Waals surface area contributed by atoms with E-state index < -0.39 is 0 Å². The van der Waals surface area contributed by atoms with Crippen LogP contribution in [0.1, 0.15) is 49.7 Å². The van der Waals surface area contributed by atoms with E-state index >= 15 is 0 Å². The van der Waals surface area contributed by atoms with Crippen LogP contribution in [0.3, 0.4) is 0 Å². The SMILES string of the molecule is CCOC(=O)C[C@@H](C=CCc1ccccc1)c1ccc(OC2CCCCO2)cc1. The van der Waals surface area contributed by atoms with Crippen molar-refractivity contribution in [1.82, 2.24) is 0 Å². The Morgan fingerprint density at radius 3 is 2.62 bits per heavy atom. The zero-order valence-electron chi connectivity index (χ0n) is 17.1. The molecule has 0 bridgehead atoms. The second-order valence-corrected chi connectivity index (χ2v) is 7.22. The lowest BCUT2D eigenvalue weighted by molar-refractivity contribution is -0.143. The van der Waals surface area contributed by atoms with Gasteiger partial charge in [0.25, 0.3) is 0 Å². The molecule has 0 N–H and O–H groups in total. The topological polar surface area (TPSA) is 44.8 Å². The molecule has 2 aromatic carbocycles. The number of hydrogen-bond donors (Lipinski definition) is 0. The van der Waals surface area contributed by atoms with Gasteiger partial charge in [0.1, 0.15) is 5.75 Å². The van der Waals surface area contributed by atoms with Crippen LogP contribution in [0.25, 0.3) is 0 Å². The summed E-state index contributed by atoms with van der Waals surface area (Å²) in [5, 5.41) is 0. The van der Waals surface area contributed by atoms with Gasteiger partial charge in [0.2, 0.25) is 0 Å². The van der Waals surface area contributed by atoms with Gasteiger partial charge in [-0.05, 0) is 49.4 Å². The molecule has 2 atom stereocenters. The third-order valence-electron chi connectivity index (χ3n) is 4.97. The van der Waals surface area contributed by atoms with E-state index in [0.717, 1.165) is 43.6 Å². The fourth-order valence-corrected chi connectivity index (χ4v) is 3.43. The summed E-state index contributed by atoms with van der Waals surface area (Å²) in [4.78, 5) is 12.1. The van der Waals surface area contributed by atoms with E-state index in [9.17, 15) is 4.79 Å². The molecule has 1 fully saturated rings. The first kappa shape index (κ1) is 21.1. The maximum absolute atomic E-state index is 12.1. The number of carbonyl (C=O) groups excluding carboxylic acids is 1. The quantitative estimate of drug-likeness (QED) is 0.420. The van der Waals surface area contributed by atoms with Gasteiger partial charge in [-0.2, -0.15) is 0 Å². The van der Waals surface area contributed by atoms with Crippen LogP contribution in [0.2, 0.25) is 0 Å². The van der Waals surface area contributed by atoms with Crippen LogP contribution in [-0.2, 0) is 20.7 Å². The van der Waals surface area contributed by atoms with E-state index in [-0.39, 0.29) is 18.2 Å². The van der Waals surface area contributed by atoms with Crippen molar-refractivity contribution in [3.63, 3.8) is 0 Å². The Labute approximate surface area is 173 Å². The van der Waals surface area contributed by atoms with Crippen LogP contribution in [0.4, 0.5) is 0 Å². The molecule has 3 rings (SSSR count). The largest absolute Gasteiger partial charge is 0.466 e. The zero-order chi connectivity index (χ0) is 20.3. The van der Waals surface area contributed by atoms with Gasteiger partial charge in [0.15, 0.2) is 6.29 Å². The second kappa shape index (κ2) is 11.4. The Balaban J connectivity index is 1.66. The lowest BCUT2D eigenvalue weighted by Gasteiger charge is -2.23. The van der Waals surface area contributed by atoms with Gasteiger partial charge in [0, 0.05) is 12.3 Å². The summed E-state index contributed by atoms with van der Waals surface area (Å²) < 4.78 is 16.7. The highest BCUT2D eigenvalue weighted by Gasteiger charge is 2.17. The van der Waals surface area contributed by atoms with E-state index in [1.54, 1.807) is 0 Å². The molecule has 0 aliphatic carbocycles. The van der Waals surface area contributed by atoms with Crippen LogP contribution >= 0.6 is 0 Å². The van der Waals surface area contributed by atoms with Crippen molar-refractivity contribution < 1.29 is 19.0 Å². The van der Waals surface area contributed by atoms with Gasteiger partial charge >= 0.3 is 5.97 Å². The molecule has 0 spiro atoms. The van der Waals surface area contributed by atoms with E-state index in [2.05, 4.69) is 24.3 Å². The molecule has 2 aromatic rings. The first-order chi connectivity index (χ1) is 14.2. The summed E-state index contributed by atoms with van der Waals surface area (Å²) in [6.07, 6.45) is 8.39. The fraction of sp³-hybridized carbons (Fsp3) is 0.400. The minimum Gasteiger partial charge on any atom is -0.466 e. The molecule has 0 amide bonds. The first-order valence-electron chi connectivity index (χ1n) is 10.5. The van der Waals surface area contributed by atoms with Gasteiger partial charge in [-0.15, -0.1) is 0 Å². The summed E-state index contributed by atoms with van der Waals surface area (Å²) in [6, 6.07) is 18.2. The summed E-state index contributed by atoms with van der Waals surface area (Å²) >= 11 is 0. The predicted octanol–water partition coefficient (Wildman–Crippen LogP) is 5.43. The highest BCUT2D eigenvalue weighted by molar-refractivity contribution is 5.71. The number of allylic oxidation sites excluding steroid dienone is 2. The Bertz CT molecular complexity index is 761. The van der Waals surface area contributed by atoms with Gasteiger partial charge in [-0.25, -0.2) is 0 Å². The lowest BCUT2D eigenvalue weighted by atomic mass is 9.94. The van der Waals surface area contributed by atoms with Crippen LogP contribution in [0.5, 0.6) is 5.75 Å². The third-order valence-corrected chi connectivity index (χ3v) is 4.97. The Morgan fingerprint density at radius 1 is 1.14 bits per heavy atom. The number of hydrogen-bond acceptors (Lipinski definition) is 4. The van der Waals surface area contributed by atoms with Crippen molar-refractivity contribution >= 4 is 5.97 Å². The standard InChI is InChI=1S/C25H30O4/c1-2-27-24(26)19-22(12-8-11-20-9-4-3-5-10-20)21-14-16-23(17-15-21)29-25-13-6-7-18-28-25/h3-5,8-10,12,14-17,22,25H,2,6-7,11,13,18-19H2,1H3/t22-,25?/m1/s1. The monoisotopic (exact) mass is 394 g/mol. The molecule has 4 nitrogen and oxygen atoms in total. The van der Waals surface area contributed by atoms with Gasteiger partial charge in [-0.1, -0.05) is 54.6 Å². The minimum absolute atomic E-state index is 0.0299. The molecular weight excluding hydrogens is 364 g/mol. The lowest BCUT2D eigenvalue weighted by Crippen LogP contribution is -2.24. The molecule has 1 aliphatic heterocycles. The Kier molecular flexibility index (Phi) is 8.32. The minimum atomic E-state index is -0.183. The molecule has 1 saturated heterocycles. The van der Waals surface area contributed by atoms with Crippen LogP contribution in [-0.4, -0.2) is 25.5 Å². The molecule has 4 heteroatoms. The molecule has 1 heterocycles. The van der Waals surface area contributed by atoms with Crippen LogP contribution in [0, 0.1) is 0 Å². The fourth-order valence-electron chi connectivity index (χ4n) is 3.43. The van der Waals surface area contributed by atoms with Crippen LogP contribution < -0.4 is 4.74 Å². The van der Waals surface area contributed by atoms with Crippen molar-refractivity contribution in [1.29, 1.82) is 0 Å². The summed E-state index contributed by atoms with van der Waals surface area (Å²) in [5.74, 6) is 0.583.